The molecule has 0 unspecified atom stereocenters. The van der Waals surface area contributed by atoms with E-state index in [0.29, 0.717) is 6.42 Å². The van der Waals surface area contributed by atoms with Crippen LogP contribution in [-0.2, 0) is 4.79 Å². The molecule has 13 heavy (non-hydrogen) atoms. The number of carbonyl (C=O) groups excluding carboxylic acids is 1. The number of aliphatic hydroxyl groups excluding tert-OH is 2. The van der Waals surface area contributed by atoms with Crippen LogP contribution in [0.2, 0.25) is 0 Å². The standard InChI is InChI=1S/C10H16O3/c1-5-6(2)10(13)8(7(3)11)4-9(5)12/h8-10,12-13H,4H2,1-3H3/t8-,9+,10+/m0/s1. The largest absolute Gasteiger partial charge is 0.389 e. The van der Waals surface area contributed by atoms with E-state index in [1.807, 2.05) is 0 Å². The third kappa shape index (κ3) is 1.81. The van der Waals surface area contributed by atoms with Crippen LogP contribution in [0.15, 0.2) is 11.1 Å². The normalized spacial score (nSPS) is 35.0. The van der Waals surface area contributed by atoms with Gasteiger partial charge in [0.15, 0.2) is 0 Å². The number of aliphatic hydroxyl groups is 2. The minimum absolute atomic E-state index is 0.0570. The van der Waals surface area contributed by atoms with E-state index < -0.39 is 18.1 Å². The monoisotopic (exact) mass is 184 g/mol. The molecule has 0 aromatic rings. The summed E-state index contributed by atoms with van der Waals surface area (Å²) >= 11 is 0. The van der Waals surface area contributed by atoms with E-state index in [-0.39, 0.29) is 5.78 Å². The van der Waals surface area contributed by atoms with E-state index in [9.17, 15) is 15.0 Å². The van der Waals surface area contributed by atoms with Gasteiger partial charge in [0.25, 0.3) is 0 Å². The van der Waals surface area contributed by atoms with E-state index >= 15 is 0 Å². The summed E-state index contributed by atoms with van der Waals surface area (Å²) in [6.45, 7) is 5.01. The molecule has 1 aliphatic carbocycles. The van der Waals surface area contributed by atoms with Crippen molar-refractivity contribution >= 4 is 5.78 Å². The smallest absolute Gasteiger partial charge is 0.135 e. The van der Waals surface area contributed by atoms with Gasteiger partial charge in [-0.25, -0.2) is 0 Å². The Morgan fingerprint density at radius 1 is 1.31 bits per heavy atom. The topological polar surface area (TPSA) is 57.5 Å². The molecule has 2 N–H and O–H groups in total. The Morgan fingerprint density at radius 3 is 2.31 bits per heavy atom. The number of rotatable bonds is 1. The maximum atomic E-state index is 11.1. The average molecular weight is 184 g/mol. The Kier molecular flexibility index (Phi) is 2.88. The zero-order valence-corrected chi connectivity index (χ0v) is 8.24. The molecule has 0 amide bonds. The van der Waals surface area contributed by atoms with Crippen molar-refractivity contribution in [2.75, 3.05) is 0 Å². The van der Waals surface area contributed by atoms with E-state index in [4.69, 9.17) is 0 Å². The Bertz CT molecular complexity index is 255. The molecular weight excluding hydrogens is 168 g/mol. The van der Waals surface area contributed by atoms with Gasteiger partial charge in [-0.15, -0.1) is 0 Å². The van der Waals surface area contributed by atoms with Gasteiger partial charge in [0.2, 0.25) is 0 Å². The molecule has 0 aromatic carbocycles. The summed E-state index contributed by atoms with van der Waals surface area (Å²) in [5, 5.41) is 19.3. The average Bonchev–Trinajstić information content (AvgIpc) is 2.07. The second kappa shape index (κ2) is 3.60. The quantitative estimate of drug-likeness (QED) is 0.588. The van der Waals surface area contributed by atoms with Gasteiger partial charge < -0.3 is 10.2 Å². The first kappa shape index (κ1) is 10.4. The van der Waals surface area contributed by atoms with E-state index in [1.165, 1.54) is 6.92 Å². The fourth-order valence-electron chi connectivity index (χ4n) is 1.73. The zero-order valence-electron chi connectivity index (χ0n) is 8.24. The molecule has 0 radical (unpaired) electrons. The highest BCUT2D eigenvalue weighted by Gasteiger charge is 2.33. The molecule has 74 valence electrons. The number of carbonyl (C=O) groups is 1. The van der Waals surface area contributed by atoms with Crippen molar-refractivity contribution in [2.45, 2.75) is 39.4 Å². The fourth-order valence-corrected chi connectivity index (χ4v) is 1.73. The molecule has 0 aliphatic heterocycles. The van der Waals surface area contributed by atoms with Crippen molar-refractivity contribution < 1.29 is 15.0 Å². The van der Waals surface area contributed by atoms with Gasteiger partial charge in [-0.3, -0.25) is 4.79 Å². The predicted octanol–water partition coefficient (Wildman–Crippen LogP) is 0.653. The Balaban J connectivity index is 2.95. The molecule has 0 bridgehead atoms. The lowest BCUT2D eigenvalue weighted by atomic mass is 9.79. The molecule has 1 aliphatic rings. The van der Waals surface area contributed by atoms with Crippen LogP contribution in [0.3, 0.4) is 0 Å². The number of Topliss-reactive ketones (excluding diaryl/α,β-unsaturated/α-hetero) is 1. The molecule has 0 heterocycles. The summed E-state index contributed by atoms with van der Waals surface area (Å²) in [6.07, 6.45) is -0.933. The highest BCUT2D eigenvalue weighted by molar-refractivity contribution is 5.79. The molecule has 3 nitrogen and oxygen atoms in total. The van der Waals surface area contributed by atoms with Crippen molar-refractivity contribution in [3.05, 3.63) is 11.1 Å². The Morgan fingerprint density at radius 2 is 1.85 bits per heavy atom. The number of ketones is 1. The molecular formula is C10H16O3. The van der Waals surface area contributed by atoms with Crippen LogP contribution in [0.5, 0.6) is 0 Å². The maximum absolute atomic E-state index is 11.1. The Labute approximate surface area is 78.1 Å². The molecule has 0 saturated carbocycles. The number of hydrogen-bond donors (Lipinski definition) is 2. The van der Waals surface area contributed by atoms with E-state index in [2.05, 4.69) is 0 Å². The van der Waals surface area contributed by atoms with Gasteiger partial charge >= 0.3 is 0 Å². The lowest BCUT2D eigenvalue weighted by molar-refractivity contribution is -0.125. The van der Waals surface area contributed by atoms with Crippen molar-refractivity contribution in [2.24, 2.45) is 5.92 Å². The van der Waals surface area contributed by atoms with Gasteiger partial charge in [-0.05, 0) is 38.3 Å². The molecule has 0 fully saturated rings. The second-order valence-electron chi connectivity index (χ2n) is 3.78. The third-order valence-electron chi connectivity index (χ3n) is 2.95. The van der Waals surface area contributed by atoms with Gasteiger partial charge in [-0.2, -0.15) is 0 Å². The van der Waals surface area contributed by atoms with E-state index in [0.717, 1.165) is 11.1 Å². The van der Waals surface area contributed by atoms with Gasteiger partial charge in [0, 0.05) is 5.92 Å². The highest BCUT2D eigenvalue weighted by atomic mass is 16.3. The molecule has 3 atom stereocenters. The van der Waals surface area contributed by atoms with Crippen LogP contribution in [0.4, 0.5) is 0 Å². The fraction of sp³-hybridized carbons (Fsp3) is 0.700. The summed E-state index contributed by atoms with van der Waals surface area (Å²) in [5.41, 5.74) is 1.53. The van der Waals surface area contributed by atoms with Crippen molar-refractivity contribution in [3.8, 4) is 0 Å². The first-order valence-electron chi connectivity index (χ1n) is 4.49. The van der Waals surface area contributed by atoms with Crippen molar-refractivity contribution in [1.29, 1.82) is 0 Å². The van der Waals surface area contributed by atoms with Crippen LogP contribution < -0.4 is 0 Å². The lowest BCUT2D eigenvalue weighted by Gasteiger charge is -2.31. The molecule has 1 rings (SSSR count). The van der Waals surface area contributed by atoms with Crippen molar-refractivity contribution in [3.63, 3.8) is 0 Å². The van der Waals surface area contributed by atoms with Crippen LogP contribution >= 0.6 is 0 Å². The minimum atomic E-state index is -0.708. The second-order valence-corrected chi connectivity index (χ2v) is 3.78. The molecule has 0 spiro atoms. The third-order valence-corrected chi connectivity index (χ3v) is 2.95. The summed E-state index contributed by atoms with van der Waals surface area (Å²) in [4.78, 5) is 11.1. The lowest BCUT2D eigenvalue weighted by Crippen LogP contribution is -2.37. The Hall–Kier alpha value is -0.670. The van der Waals surface area contributed by atoms with Gasteiger partial charge in [0.1, 0.15) is 5.78 Å². The number of hydrogen-bond acceptors (Lipinski definition) is 3. The van der Waals surface area contributed by atoms with Crippen LogP contribution in [0.1, 0.15) is 27.2 Å². The summed E-state index contributed by atoms with van der Waals surface area (Å²) in [5.74, 6) is -0.489. The van der Waals surface area contributed by atoms with Crippen molar-refractivity contribution in [1.82, 2.24) is 0 Å². The van der Waals surface area contributed by atoms with Crippen LogP contribution in [0, 0.1) is 5.92 Å². The van der Waals surface area contributed by atoms with Gasteiger partial charge in [-0.1, -0.05) is 0 Å². The van der Waals surface area contributed by atoms with Gasteiger partial charge in [0.05, 0.1) is 12.2 Å². The minimum Gasteiger partial charge on any atom is -0.389 e. The highest BCUT2D eigenvalue weighted by Crippen LogP contribution is 2.30. The summed E-state index contributed by atoms with van der Waals surface area (Å²) in [7, 11) is 0. The maximum Gasteiger partial charge on any atom is 0.135 e. The van der Waals surface area contributed by atoms with E-state index in [1.54, 1.807) is 13.8 Å². The van der Waals surface area contributed by atoms with Crippen LogP contribution in [0.25, 0.3) is 0 Å². The first-order chi connectivity index (χ1) is 5.95. The molecule has 0 saturated heterocycles. The first-order valence-corrected chi connectivity index (χ1v) is 4.49. The molecule has 3 heteroatoms. The van der Waals surface area contributed by atoms with Crippen LogP contribution in [-0.4, -0.2) is 28.2 Å². The summed E-state index contributed by atoms with van der Waals surface area (Å²) < 4.78 is 0. The zero-order chi connectivity index (χ0) is 10.2. The summed E-state index contributed by atoms with van der Waals surface area (Å²) in [6, 6.07) is 0. The SMILES string of the molecule is CC(=O)[C@@H]1C[C@@H](O)C(C)=C(C)[C@H]1O. The predicted molar refractivity (Wildman–Crippen MR) is 49.2 cm³/mol. The molecule has 0 aromatic heterocycles.